The van der Waals surface area contributed by atoms with Crippen molar-refractivity contribution in [3.8, 4) is 5.88 Å². The fourth-order valence-corrected chi connectivity index (χ4v) is 3.14. The smallest absolute Gasteiger partial charge is 0.263 e. The summed E-state index contributed by atoms with van der Waals surface area (Å²) in [4.78, 5) is 18.8. The van der Waals surface area contributed by atoms with Crippen molar-refractivity contribution in [2.45, 2.75) is 6.54 Å². The Labute approximate surface area is 161 Å². The fourth-order valence-electron chi connectivity index (χ4n) is 3.14. The zero-order valence-electron chi connectivity index (χ0n) is 14.7. The van der Waals surface area contributed by atoms with Gasteiger partial charge in [0.25, 0.3) is 5.56 Å². The number of aromatic nitrogens is 3. The minimum Gasteiger partial charge on any atom is -0.493 e. The molecule has 4 rings (SSSR count). The van der Waals surface area contributed by atoms with E-state index in [0.29, 0.717) is 12.3 Å². The minimum atomic E-state index is -4.69. The van der Waals surface area contributed by atoms with Gasteiger partial charge in [0.1, 0.15) is 0 Å². The maximum absolute atomic E-state index is 12.3. The molecule has 0 atom stereocenters. The molecule has 1 aliphatic rings. The highest BCUT2D eigenvalue weighted by atomic mass is 35.7. The number of imidazole rings is 1. The molecule has 11 nitrogen and oxygen atoms in total. The lowest BCUT2D eigenvalue weighted by atomic mass is 10.3. The quantitative estimate of drug-likeness (QED) is 0.444. The molecule has 12 heteroatoms. The number of aromatic hydroxyl groups is 1. The van der Waals surface area contributed by atoms with Gasteiger partial charge in [0.05, 0.1) is 45.2 Å². The summed E-state index contributed by atoms with van der Waals surface area (Å²) in [7, 11) is -4.69. The molecule has 2 aromatic heterocycles. The van der Waals surface area contributed by atoms with Gasteiger partial charge in [-0.2, -0.15) is 19.0 Å². The molecule has 0 radical (unpaired) electrons. The molecular weight excluding hydrogens is 396 g/mol. The summed E-state index contributed by atoms with van der Waals surface area (Å²) in [6.07, 6.45) is 0. The standard InChI is InChI=1S/C16H18N4O3.ClHO4/c21-14-11-15(22)20-13-4-2-1-3-12(13)19(16(20)17-14)6-5-18-7-9-23-10-8-18;2-1(3,4)5/h1-4,11,21H,5-10H2;(H,2,3,4,5). The highest BCUT2D eigenvalue weighted by Crippen LogP contribution is 2.19. The van der Waals surface area contributed by atoms with Crippen LogP contribution >= 0.6 is 0 Å². The molecule has 0 saturated carbocycles. The summed E-state index contributed by atoms with van der Waals surface area (Å²) in [5, 5.41) is 9.71. The molecule has 2 N–H and O–H groups in total. The zero-order chi connectivity index (χ0) is 20.3. The van der Waals surface area contributed by atoms with Crippen molar-refractivity contribution in [1.29, 1.82) is 0 Å². The number of ether oxygens (including phenoxy) is 1. The maximum atomic E-state index is 12.3. The number of hydrogen-bond acceptors (Lipinski definition) is 9. The number of rotatable bonds is 3. The maximum Gasteiger partial charge on any atom is 0.263 e. The number of benzene rings is 1. The average Bonchev–Trinajstić information content (AvgIpc) is 2.93. The van der Waals surface area contributed by atoms with E-state index in [-0.39, 0.29) is 11.4 Å². The Morgan fingerprint density at radius 3 is 2.36 bits per heavy atom. The van der Waals surface area contributed by atoms with Crippen LogP contribution < -0.4 is 19.5 Å². The molecule has 152 valence electrons. The summed E-state index contributed by atoms with van der Waals surface area (Å²) >= 11 is 0. The second-order valence-electron chi connectivity index (χ2n) is 6.08. The SMILES string of the molecule is O=c1cc(O)nc2n(CCN3CCOCC3)c3ccccc3n12.[O-][Cl+3]([O-])([O-])O. The summed E-state index contributed by atoms with van der Waals surface area (Å²) in [5.41, 5.74) is 1.48. The van der Waals surface area contributed by atoms with E-state index in [1.165, 1.54) is 0 Å². The van der Waals surface area contributed by atoms with Gasteiger partial charge in [0, 0.05) is 26.2 Å². The van der Waals surface area contributed by atoms with Crippen LogP contribution in [0.4, 0.5) is 0 Å². The van der Waals surface area contributed by atoms with Crippen LogP contribution in [0.5, 0.6) is 5.88 Å². The van der Waals surface area contributed by atoms with Crippen LogP contribution in [-0.4, -0.2) is 61.5 Å². The number of nitrogens with zero attached hydrogens (tertiary/aromatic N) is 4. The van der Waals surface area contributed by atoms with Gasteiger partial charge in [0.15, 0.2) is 0 Å². The lowest BCUT2D eigenvalue weighted by Crippen LogP contribution is -2.58. The lowest BCUT2D eigenvalue weighted by molar-refractivity contribution is -1.92. The van der Waals surface area contributed by atoms with Crippen LogP contribution in [0.3, 0.4) is 0 Å². The second kappa shape index (κ2) is 8.41. The van der Waals surface area contributed by atoms with Crippen LogP contribution in [0.1, 0.15) is 0 Å². The molecule has 28 heavy (non-hydrogen) atoms. The first-order valence-corrected chi connectivity index (χ1v) is 9.64. The van der Waals surface area contributed by atoms with Crippen molar-refractivity contribution in [2.75, 3.05) is 32.8 Å². The van der Waals surface area contributed by atoms with Gasteiger partial charge in [-0.15, -0.1) is 0 Å². The molecule has 1 fully saturated rings. The molecule has 3 heterocycles. The summed E-state index contributed by atoms with van der Waals surface area (Å²) < 4.78 is 41.6. The van der Waals surface area contributed by atoms with E-state index in [4.69, 9.17) is 23.4 Å². The summed E-state index contributed by atoms with van der Waals surface area (Å²) in [5.74, 6) is 0.231. The fraction of sp³-hybridized carbons (Fsp3) is 0.375. The van der Waals surface area contributed by atoms with E-state index in [1.807, 2.05) is 28.8 Å². The van der Waals surface area contributed by atoms with Gasteiger partial charge in [-0.05, 0) is 12.1 Å². The molecule has 3 aromatic rings. The number of hydrogen-bond donors (Lipinski definition) is 2. The molecule has 0 amide bonds. The van der Waals surface area contributed by atoms with Gasteiger partial charge >= 0.3 is 0 Å². The molecule has 0 bridgehead atoms. The Morgan fingerprint density at radius 2 is 1.71 bits per heavy atom. The molecule has 1 saturated heterocycles. The molecule has 0 aliphatic carbocycles. The Balaban J connectivity index is 0.000000403. The van der Waals surface area contributed by atoms with Crippen LogP contribution in [-0.2, 0) is 11.3 Å². The van der Waals surface area contributed by atoms with Crippen molar-refractivity contribution in [1.82, 2.24) is 18.9 Å². The van der Waals surface area contributed by atoms with Gasteiger partial charge < -0.3 is 14.4 Å². The van der Waals surface area contributed by atoms with Crippen molar-refractivity contribution < 1.29 is 38.7 Å². The van der Waals surface area contributed by atoms with E-state index in [9.17, 15) is 9.90 Å². The number of morpholine rings is 1. The molecule has 1 aromatic carbocycles. The Bertz CT molecular complexity index is 1000. The van der Waals surface area contributed by atoms with Gasteiger partial charge in [0.2, 0.25) is 11.7 Å². The minimum absolute atomic E-state index is 0.245. The topological polar surface area (TPSA) is 161 Å². The highest BCUT2D eigenvalue weighted by Gasteiger charge is 2.16. The van der Waals surface area contributed by atoms with Crippen LogP contribution in [0.25, 0.3) is 16.8 Å². The normalized spacial score (nSPS) is 15.6. The second-order valence-corrected chi connectivity index (χ2v) is 6.87. The zero-order valence-corrected chi connectivity index (χ0v) is 15.5. The van der Waals surface area contributed by atoms with Crippen LogP contribution in [0.15, 0.2) is 35.1 Å². The van der Waals surface area contributed by atoms with Gasteiger partial charge in [-0.1, -0.05) is 12.1 Å². The Morgan fingerprint density at radius 1 is 1.11 bits per heavy atom. The van der Waals surface area contributed by atoms with E-state index in [2.05, 4.69) is 9.88 Å². The Hall–Kier alpha value is -2.25. The van der Waals surface area contributed by atoms with Crippen molar-refractivity contribution >= 4 is 16.8 Å². The summed E-state index contributed by atoms with van der Waals surface area (Å²) in [6, 6.07) is 8.85. The van der Waals surface area contributed by atoms with Crippen molar-refractivity contribution in [2.24, 2.45) is 0 Å². The highest BCUT2D eigenvalue weighted by molar-refractivity contribution is 5.80. The van der Waals surface area contributed by atoms with Gasteiger partial charge in [-0.25, -0.2) is 4.40 Å². The molecular formula is C16H19ClN4O7. The molecule has 0 unspecified atom stereocenters. The van der Waals surface area contributed by atoms with E-state index >= 15 is 0 Å². The monoisotopic (exact) mass is 414 g/mol. The predicted molar refractivity (Wildman–Crippen MR) is 88.1 cm³/mol. The van der Waals surface area contributed by atoms with E-state index in [0.717, 1.165) is 49.9 Å². The third-order valence-corrected chi connectivity index (χ3v) is 4.29. The Kier molecular flexibility index (Phi) is 6.15. The largest absolute Gasteiger partial charge is 0.493 e. The summed E-state index contributed by atoms with van der Waals surface area (Å²) in [6.45, 7) is 4.89. The molecule has 0 spiro atoms. The first-order valence-electron chi connectivity index (χ1n) is 8.37. The number of para-hydroxylation sites is 2. The predicted octanol–water partition coefficient (Wildman–Crippen LogP) is -3.44. The van der Waals surface area contributed by atoms with Crippen molar-refractivity contribution in [3.05, 3.63) is 40.7 Å². The first-order chi connectivity index (χ1) is 13.2. The number of halogens is 1. The van der Waals surface area contributed by atoms with E-state index < -0.39 is 10.2 Å². The third-order valence-electron chi connectivity index (χ3n) is 4.29. The van der Waals surface area contributed by atoms with Crippen LogP contribution in [0, 0.1) is 10.2 Å². The van der Waals surface area contributed by atoms with E-state index in [1.54, 1.807) is 4.40 Å². The van der Waals surface area contributed by atoms with Crippen molar-refractivity contribution in [3.63, 3.8) is 0 Å². The van der Waals surface area contributed by atoms with Gasteiger partial charge in [-0.3, -0.25) is 9.69 Å². The molecule has 1 aliphatic heterocycles. The third kappa shape index (κ3) is 4.97. The lowest BCUT2D eigenvalue weighted by Gasteiger charge is -2.26. The average molecular weight is 415 g/mol. The number of fused-ring (bicyclic) bond motifs is 3. The van der Waals surface area contributed by atoms with Crippen LogP contribution in [0.2, 0.25) is 0 Å². The first kappa shape index (κ1) is 20.5.